The van der Waals surface area contributed by atoms with Crippen LogP contribution >= 0.6 is 15.9 Å². The lowest BCUT2D eigenvalue weighted by atomic mass is 10.1. The summed E-state index contributed by atoms with van der Waals surface area (Å²) < 4.78 is 21.7. The second-order valence-electron chi connectivity index (χ2n) is 9.31. The van der Waals surface area contributed by atoms with Crippen LogP contribution in [0.1, 0.15) is 16.8 Å². The molecular weight excluding hydrogens is 577 g/mol. The molecule has 2 aromatic carbocycles. The number of pyridine rings is 1. The largest absolute Gasteiger partial charge is 0.438 e. The first-order valence-corrected chi connectivity index (χ1v) is 13.4. The molecule has 0 unspecified atom stereocenters. The summed E-state index contributed by atoms with van der Waals surface area (Å²) in [7, 11) is 7.75. The fraction of sp³-hybridized carbons (Fsp3) is 0.241. The van der Waals surface area contributed by atoms with Crippen molar-refractivity contribution < 1.29 is 13.9 Å². The second kappa shape index (κ2) is 13.3. The molecule has 0 radical (unpaired) electrons. The summed E-state index contributed by atoms with van der Waals surface area (Å²) in [6.07, 6.45) is 4.16. The van der Waals surface area contributed by atoms with Crippen LogP contribution in [0.5, 0.6) is 11.6 Å². The van der Waals surface area contributed by atoms with E-state index in [0.29, 0.717) is 22.9 Å². The third-order valence-electron chi connectivity index (χ3n) is 6.04. The van der Waals surface area contributed by atoms with E-state index in [9.17, 15) is 9.18 Å². The van der Waals surface area contributed by atoms with E-state index in [1.807, 2.05) is 39.3 Å². The third-order valence-corrected chi connectivity index (χ3v) is 6.53. The molecule has 2 aromatic heterocycles. The second-order valence-corrected chi connectivity index (χ2v) is 10.2. The lowest BCUT2D eigenvalue weighted by Crippen LogP contribution is -2.25. The minimum absolute atomic E-state index is 0.157. The SMILES string of the molecule is CNc1nccc(-c2cccnc2Oc2ccc(F)c(C(=O)Nc3cc(Br)ccc3N(C)CCCN(C)C)c2)n1. The van der Waals surface area contributed by atoms with Crippen LogP contribution in [0, 0.1) is 5.82 Å². The van der Waals surface area contributed by atoms with Crippen molar-refractivity contribution in [2.75, 3.05) is 56.8 Å². The lowest BCUT2D eigenvalue weighted by Gasteiger charge is -2.24. The summed E-state index contributed by atoms with van der Waals surface area (Å²) in [5.41, 5.74) is 2.45. The van der Waals surface area contributed by atoms with Gasteiger partial charge in [0.25, 0.3) is 5.91 Å². The molecule has 40 heavy (non-hydrogen) atoms. The number of rotatable bonds is 11. The molecule has 9 nitrogen and oxygen atoms in total. The van der Waals surface area contributed by atoms with Gasteiger partial charge in [0.15, 0.2) is 0 Å². The van der Waals surface area contributed by atoms with Gasteiger partial charge in [0.2, 0.25) is 11.8 Å². The van der Waals surface area contributed by atoms with E-state index in [1.165, 1.54) is 18.2 Å². The van der Waals surface area contributed by atoms with E-state index in [0.717, 1.165) is 29.7 Å². The van der Waals surface area contributed by atoms with E-state index in [4.69, 9.17) is 4.74 Å². The number of amides is 1. The Kier molecular flexibility index (Phi) is 9.62. The Balaban J connectivity index is 1.57. The molecule has 4 rings (SSSR count). The van der Waals surface area contributed by atoms with Gasteiger partial charge in [-0.05, 0) is 81.7 Å². The van der Waals surface area contributed by atoms with Crippen molar-refractivity contribution in [3.05, 3.63) is 82.8 Å². The number of benzene rings is 2. The summed E-state index contributed by atoms with van der Waals surface area (Å²) >= 11 is 3.47. The summed E-state index contributed by atoms with van der Waals surface area (Å²) in [6.45, 7) is 1.72. The van der Waals surface area contributed by atoms with E-state index in [2.05, 4.69) is 51.3 Å². The Labute approximate surface area is 241 Å². The summed E-state index contributed by atoms with van der Waals surface area (Å²) in [5, 5.41) is 5.78. The first kappa shape index (κ1) is 28.9. The maximum atomic E-state index is 14.9. The molecule has 0 fully saturated rings. The number of aromatic nitrogens is 3. The summed E-state index contributed by atoms with van der Waals surface area (Å²) in [4.78, 5) is 30.4. The van der Waals surface area contributed by atoms with Gasteiger partial charge in [0, 0.05) is 37.5 Å². The summed E-state index contributed by atoms with van der Waals surface area (Å²) in [5.74, 6) is -0.307. The minimum atomic E-state index is -0.670. The topological polar surface area (TPSA) is 95.5 Å². The van der Waals surface area contributed by atoms with Gasteiger partial charge in [-0.25, -0.2) is 19.3 Å². The zero-order valence-corrected chi connectivity index (χ0v) is 24.4. The van der Waals surface area contributed by atoms with E-state index < -0.39 is 11.7 Å². The first-order chi connectivity index (χ1) is 19.2. The number of ether oxygens (including phenoxy) is 1. The average Bonchev–Trinajstić information content (AvgIpc) is 2.94. The fourth-order valence-electron chi connectivity index (χ4n) is 4.03. The zero-order chi connectivity index (χ0) is 28.6. The highest BCUT2D eigenvalue weighted by Crippen LogP contribution is 2.33. The number of anilines is 3. The van der Waals surface area contributed by atoms with Gasteiger partial charge in [-0.3, -0.25) is 4.79 Å². The van der Waals surface area contributed by atoms with Gasteiger partial charge in [0.1, 0.15) is 11.6 Å². The van der Waals surface area contributed by atoms with Crippen LogP contribution in [0.25, 0.3) is 11.3 Å². The molecule has 0 bridgehead atoms. The van der Waals surface area contributed by atoms with Gasteiger partial charge in [-0.1, -0.05) is 15.9 Å². The number of nitrogens with zero attached hydrogens (tertiary/aromatic N) is 5. The van der Waals surface area contributed by atoms with Crippen LogP contribution in [0.3, 0.4) is 0 Å². The van der Waals surface area contributed by atoms with Crippen LogP contribution in [0.15, 0.2) is 71.5 Å². The Morgan fingerprint density at radius 1 is 1.02 bits per heavy atom. The molecule has 0 saturated carbocycles. The van der Waals surface area contributed by atoms with Crippen molar-refractivity contribution in [2.45, 2.75) is 6.42 Å². The highest BCUT2D eigenvalue weighted by molar-refractivity contribution is 9.10. The fourth-order valence-corrected chi connectivity index (χ4v) is 4.39. The number of nitrogens with one attached hydrogen (secondary N) is 2. The molecule has 4 aromatic rings. The van der Waals surface area contributed by atoms with Crippen molar-refractivity contribution in [1.82, 2.24) is 19.9 Å². The van der Waals surface area contributed by atoms with E-state index in [1.54, 1.807) is 37.6 Å². The van der Waals surface area contributed by atoms with Crippen molar-refractivity contribution in [1.29, 1.82) is 0 Å². The number of hydrogen-bond acceptors (Lipinski definition) is 8. The van der Waals surface area contributed by atoms with Gasteiger partial charge in [0.05, 0.1) is 28.2 Å². The molecule has 0 aliphatic carbocycles. The van der Waals surface area contributed by atoms with Gasteiger partial charge < -0.3 is 25.2 Å². The number of halogens is 2. The highest BCUT2D eigenvalue weighted by Gasteiger charge is 2.18. The maximum Gasteiger partial charge on any atom is 0.258 e. The standard InChI is InChI=1S/C29H31BrFN7O2/c1-32-29-34-14-12-24(36-29)21-7-5-13-33-28(21)40-20-9-10-23(31)22(18-20)27(39)35-25-17-19(30)8-11-26(25)38(4)16-6-15-37(2)3/h5,7-14,17-18H,6,15-16H2,1-4H3,(H,35,39)(H,32,34,36). The molecular formula is C29H31BrFN7O2. The molecule has 0 aliphatic heterocycles. The molecule has 2 N–H and O–H groups in total. The van der Waals surface area contributed by atoms with Crippen LogP contribution < -0.4 is 20.3 Å². The Bertz CT molecular complexity index is 1480. The van der Waals surface area contributed by atoms with Crippen LogP contribution in [0.4, 0.5) is 21.7 Å². The van der Waals surface area contributed by atoms with Crippen molar-refractivity contribution in [2.24, 2.45) is 0 Å². The number of carbonyl (C=O) groups is 1. The van der Waals surface area contributed by atoms with Crippen LogP contribution in [-0.2, 0) is 0 Å². The smallest absolute Gasteiger partial charge is 0.258 e. The lowest BCUT2D eigenvalue weighted by molar-refractivity contribution is 0.102. The number of hydrogen-bond donors (Lipinski definition) is 2. The molecule has 0 spiro atoms. The highest BCUT2D eigenvalue weighted by atomic mass is 79.9. The van der Waals surface area contributed by atoms with Crippen molar-refractivity contribution in [3.63, 3.8) is 0 Å². The predicted octanol–water partition coefficient (Wildman–Crippen LogP) is 5.91. The van der Waals surface area contributed by atoms with E-state index >= 15 is 0 Å². The number of carbonyl (C=O) groups excluding carboxylic acids is 1. The predicted molar refractivity (Wildman–Crippen MR) is 160 cm³/mol. The molecule has 2 heterocycles. The average molecular weight is 609 g/mol. The van der Waals surface area contributed by atoms with Gasteiger partial charge in [-0.2, -0.15) is 0 Å². The molecule has 0 aliphatic rings. The van der Waals surface area contributed by atoms with Crippen molar-refractivity contribution in [3.8, 4) is 22.9 Å². The Hall–Kier alpha value is -4.09. The molecule has 1 amide bonds. The zero-order valence-electron chi connectivity index (χ0n) is 22.8. The Morgan fingerprint density at radius 2 is 1.85 bits per heavy atom. The monoisotopic (exact) mass is 607 g/mol. The summed E-state index contributed by atoms with van der Waals surface area (Å²) in [6, 6.07) is 14.9. The Morgan fingerprint density at radius 3 is 2.62 bits per heavy atom. The first-order valence-electron chi connectivity index (χ1n) is 12.7. The van der Waals surface area contributed by atoms with Crippen LogP contribution in [0.2, 0.25) is 0 Å². The van der Waals surface area contributed by atoms with Crippen LogP contribution in [-0.4, -0.2) is 67.0 Å². The quantitative estimate of drug-likeness (QED) is 0.217. The molecule has 0 saturated heterocycles. The molecule has 0 atom stereocenters. The normalized spacial score (nSPS) is 10.9. The maximum absolute atomic E-state index is 14.9. The third kappa shape index (κ3) is 7.30. The van der Waals surface area contributed by atoms with E-state index in [-0.39, 0.29) is 17.2 Å². The molecule has 11 heteroatoms. The van der Waals surface area contributed by atoms with Crippen molar-refractivity contribution >= 4 is 39.2 Å². The molecule has 208 valence electrons. The minimum Gasteiger partial charge on any atom is -0.438 e. The van der Waals surface area contributed by atoms with Gasteiger partial charge >= 0.3 is 0 Å². The van der Waals surface area contributed by atoms with Gasteiger partial charge in [-0.15, -0.1) is 0 Å².